The number of ether oxygens (including phenoxy) is 5. The van der Waals surface area contributed by atoms with Gasteiger partial charge in [0.2, 0.25) is 0 Å². The van der Waals surface area contributed by atoms with Crippen LogP contribution in [0.2, 0.25) is 0 Å². The highest BCUT2D eigenvalue weighted by atomic mass is 19.1. The summed E-state index contributed by atoms with van der Waals surface area (Å²) in [6, 6.07) is 8.77. The van der Waals surface area contributed by atoms with E-state index in [-0.39, 0.29) is 24.6 Å². The maximum absolute atomic E-state index is 16.1. The van der Waals surface area contributed by atoms with Crippen molar-refractivity contribution < 1.29 is 32.9 Å². The lowest BCUT2D eigenvalue weighted by Crippen LogP contribution is -2.40. The molecule has 1 N–H and O–H groups in total. The van der Waals surface area contributed by atoms with Crippen LogP contribution in [0.3, 0.4) is 0 Å². The molecule has 3 fully saturated rings. The van der Waals surface area contributed by atoms with Crippen molar-refractivity contribution in [3.8, 4) is 0 Å². The predicted octanol–water partition coefficient (Wildman–Crippen LogP) is 3.77. The molecule has 0 spiro atoms. The van der Waals surface area contributed by atoms with Crippen LogP contribution in [0.15, 0.2) is 43.0 Å². The van der Waals surface area contributed by atoms with Crippen LogP contribution in [0.4, 0.5) is 10.2 Å². The third kappa shape index (κ3) is 5.80. The Kier molecular flexibility index (Phi) is 8.07. The van der Waals surface area contributed by atoms with Gasteiger partial charge in [-0.25, -0.2) is 19.3 Å². The van der Waals surface area contributed by atoms with Crippen molar-refractivity contribution in [2.45, 2.75) is 75.7 Å². The van der Waals surface area contributed by atoms with Crippen LogP contribution < -0.4 is 5.32 Å². The van der Waals surface area contributed by atoms with E-state index in [4.69, 9.17) is 23.7 Å². The fraction of sp³-hybridized carbons (Fsp3) is 0.556. The molecule has 3 aliphatic heterocycles. The van der Waals surface area contributed by atoms with Crippen molar-refractivity contribution in [2.24, 2.45) is 0 Å². The summed E-state index contributed by atoms with van der Waals surface area (Å²) in [5.74, 6) is -0.118. The number of nitrogens with one attached hydrogen (secondary N) is 1. The van der Waals surface area contributed by atoms with Gasteiger partial charge in [0.05, 0.1) is 12.9 Å². The SMILES string of the molecule is O=C(Nc1ncnc2c1ncn2[C@@H]1O[C@H](COC2CCCCO2)[C@@H](OC2CCCCO2)[C@@H]1F)c1ccccc1. The number of anilines is 1. The first-order chi connectivity index (χ1) is 19.2. The van der Waals surface area contributed by atoms with E-state index in [9.17, 15) is 4.79 Å². The maximum atomic E-state index is 16.1. The van der Waals surface area contributed by atoms with Gasteiger partial charge in [0, 0.05) is 18.8 Å². The van der Waals surface area contributed by atoms with Gasteiger partial charge in [-0.05, 0) is 50.7 Å². The molecule has 39 heavy (non-hydrogen) atoms. The number of imidazole rings is 1. The number of aromatic nitrogens is 4. The van der Waals surface area contributed by atoms with Gasteiger partial charge >= 0.3 is 0 Å². The number of amides is 1. The summed E-state index contributed by atoms with van der Waals surface area (Å²) < 4.78 is 47.3. The van der Waals surface area contributed by atoms with Gasteiger partial charge in [-0.1, -0.05) is 18.2 Å². The van der Waals surface area contributed by atoms with E-state index in [1.807, 2.05) is 6.07 Å². The van der Waals surface area contributed by atoms with E-state index in [0.29, 0.717) is 36.4 Å². The van der Waals surface area contributed by atoms with Crippen molar-refractivity contribution in [1.82, 2.24) is 19.5 Å². The number of rotatable bonds is 8. The van der Waals surface area contributed by atoms with E-state index in [1.165, 1.54) is 17.2 Å². The van der Waals surface area contributed by atoms with E-state index in [2.05, 4.69) is 20.3 Å². The molecule has 1 aromatic carbocycles. The summed E-state index contributed by atoms with van der Waals surface area (Å²) in [5.41, 5.74) is 1.12. The number of fused-ring (bicyclic) bond motifs is 1. The molecular formula is C27H32FN5O6. The minimum absolute atomic E-state index is 0.110. The number of carbonyl (C=O) groups excluding carboxylic acids is 1. The Morgan fingerprint density at radius 1 is 1.03 bits per heavy atom. The van der Waals surface area contributed by atoms with E-state index in [0.717, 1.165) is 32.1 Å². The van der Waals surface area contributed by atoms with Gasteiger partial charge in [-0.3, -0.25) is 9.36 Å². The molecule has 6 rings (SSSR count). The second-order valence-electron chi connectivity index (χ2n) is 9.90. The molecule has 0 bridgehead atoms. The standard InChI is InChI=1S/C27H32FN5O6/c28-21-23(39-20-11-5-7-13-36-20)18(14-37-19-10-4-6-12-35-19)38-27(21)33-16-31-22-24(29-15-30-25(22)33)32-26(34)17-8-2-1-3-9-17/h1-3,8-9,15-16,18-21,23,27H,4-7,10-14H2,(H,29,30,32,34)/t18-,19?,20?,21+,23-,27-/m1/s1. The highest BCUT2D eigenvalue weighted by Crippen LogP contribution is 2.37. The summed E-state index contributed by atoms with van der Waals surface area (Å²) in [5, 5.41) is 2.77. The Balaban J connectivity index is 1.22. The molecule has 2 aromatic heterocycles. The van der Waals surface area contributed by atoms with E-state index < -0.39 is 30.9 Å². The molecule has 2 unspecified atom stereocenters. The first-order valence-corrected chi connectivity index (χ1v) is 13.5. The Hall–Kier alpha value is -3.03. The van der Waals surface area contributed by atoms with Gasteiger partial charge in [0.25, 0.3) is 5.91 Å². The largest absolute Gasteiger partial charge is 0.353 e. The molecule has 6 atom stereocenters. The fourth-order valence-electron chi connectivity index (χ4n) is 5.15. The fourth-order valence-corrected chi connectivity index (χ4v) is 5.15. The molecule has 11 nitrogen and oxygen atoms in total. The van der Waals surface area contributed by atoms with Crippen LogP contribution in [-0.2, 0) is 23.7 Å². The Morgan fingerprint density at radius 2 is 1.79 bits per heavy atom. The average Bonchev–Trinajstić information content (AvgIpc) is 3.55. The first kappa shape index (κ1) is 26.2. The summed E-state index contributed by atoms with van der Waals surface area (Å²) in [6.45, 7) is 1.33. The minimum Gasteiger partial charge on any atom is -0.353 e. The maximum Gasteiger partial charge on any atom is 0.256 e. The molecule has 0 aliphatic carbocycles. The number of alkyl halides is 1. The first-order valence-electron chi connectivity index (χ1n) is 13.5. The van der Waals surface area contributed by atoms with Crippen molar-refractivity contribution in [1.29, 1.82) is 0 Å². The molecule has 5 heterocycles. The predicted molar refractivity (Wildman–Crippen MR) is 137 cm³/mol. The zero-order valence-electron chi connectivity index (χ0n) is 21.5. The lowest BCUT2D eigenvalue weighted by Gasteiger charge is -2.29. The van der Waals surface area contributed by atoms with Crippen molar-refractivity contribution in [2.75, 3.05) is 25.1 Å². The highest BCUT2D eigenvalue weighted by molar-refractivity contribution is 6.06. The summed E-state index contributed by atoms with van der Waals surface area (Å²) >= 11 is 0. The molecule has 12 heteroatoms. The number of nitrogens with zero attached hydrogens (tertiary/aromatic N) is 4. The quantitative estimate of drug-likeness (QED) is 0.455. The third-order valence-corrected chi connectivity index (χ3v) is 7.20. The number of hydrogen-bond acceptors (Lipinski definition) is 9. The second kappa shape index (κ2) is 12.0. The number of benzene rings is 1. The highest BCUT2D eigenvalue weighted by Gasteiger charge is 2.49. The molecule has 3 saturated heterocycles. The third-order valence-electron chi connectivity index (χ3n) is 7.20. The van der Waals surface area contributed by atoms with E-state index >= 15 is 4.39 Å². The van der Waals surface area contributed by atoms with Crippen LogP contribution in [0.5, 0.6) is 0 Å². The van der Waals surface area contributed by atoms with Crippen LogP contribution in [-0.4, -0.2) is 76.2 Å². The Bertz CT molecular complexity index is 1250. The Labute approximate surface area is 225 Å². The smallest absolute Gasteiger partial charge is 0.256 e. The molecule has 1 amide bonds. The molecule has 3 aromatic rings. The minimum atomic E-state index is -1.55. The van der Waals surface area contributed by atoms with Gasteiger partial charge in [-0.2, -0.15) is 0 Å². The zero-order valence-corrected chi connectivity index (χ0v) is 21.5. The molecule has 3 aliphatic rings. The van der Waals surface area contributed by atoms with Gasteiger partial charge in [0.15, 0.2) is 42.0 Å². The number of carbonyl (C=O) groups is 1. The van der Waals surface area contributed by atoms with Crippen LogP contribution >= 0.6 is 0 Å². The zero-order chi connectivity index (χ0) is 26.6. The van der Waals surface area contributed by atoms with Crippen molar-refractivity contribution >= 4 is 22.9 Å². The van der Waals surface area contributed by atoms with Crippen LogP contribution in [0, 0.1) is 0 Å². The topological polar surface area (TPSA) is 119 Å². The van der Waals surface area contributed by atoms with Gasteiger partial charge < -0.3 is 29.0 Å². The second-order valence-corrected chi connectivity index (χ2v) is 9.90. The van der Waals surface area contributed by atoms with Crippen molar-refractivity contribution in [3.63, 3.8) is 0 Å². The van der Waals surface area contributed by atoms with E-state index in [1.54, 1.807) is 24.3 Å². The molecule has 208 valence electrons. The summed E-state index contributed by atoms with van der Waals surface area (Å²) in [6.07, 6.45) is 3.07. The van der Waals surface area contributed by atoms with Gasteiger partial charge in [-0.15, -0.1) is 0 Å². The lowest BCUT2D eigenvalue weighted by atomic mass is 10.1. The lowest BCUT2D eigenvalue weighted by molar-refractivity contribution is -0.220. The number of halogens is 1. The van der Waals surface area contributed by atoms with Crippen LogP contribution in [0.25, 0.3) is 11.2 Å². The molecule has 0 radical (unpaired) electrons. The number of hydrogen-bond donors (Lipinski definition) is 1. The normalized spacial score (nSPS) is 29.5. The molecule has 0 saturated carbocycles. The molecular weight excluding hydrogens is 509 g/mol. The van der Waals surface area contributed by atoms with Crippen molar-refractivity contribution in [3.05, 3.63) is 48.5 Å². The monoisotopic (exact) mass is 541 g/mol. The van der Waals surface area contributed by atoms with Crippen LogP contribution in [0.1, 0.15) is 55.1 Å². The summed E-state index contributed by atoms with van der Waals surface area (Å²) in [4.78, 5) is 25.6. The summed E-state index contributed by atoms with van der Waals surface area (Å²) in [7, 11) is 0. The Morgan fingerprint density at radius 3 is 2.54 bits per heavy atom. The average molecular weight is 542 g/mol. The van der Waals surface area contributed by atoms with Gasteiger partial charge in [0.1, 0.15) is 18.5 Å².